The second-order valence-corrected chi connectivity index (χ2v) is 9.52. The number of azide groups is 1. The van der Waals surface area contributed by atoms with Crippen LogP contribution in [0.2, 0.25) is 5.15 Å². The molecule has 0 aliphatic carbocycles. The molecule has 4 rings (SSSR count). The third-order valence-corrected chi connectivity index (χ3v) is 6.76. The van der Waals surface area contributed by atoms with E-state index in [4.69, 9.17) is 35.4 Å². The number of benzene rings is 1. The van der Waals surface area contributed by atoms with Crippen molar-refractivity contribution in [1.82, 2.24) is 14.5 Å². The molecule has 0 amide bonds. The van der Waals surface area contributed by atoms with Crippen LogP contribution in [0.1, 0.15) is 18.2 Å². The summed E-state index contributed by atoms with van der Waals surface area (Å²) in [6.07, 6.45) is 1.07. The molecule has 4 atom stereocenters. The van der Waals surface area contributed by atoms with E-state index in [-0.39, 0.29) is 29.7 Å². The third-order valence-electron chi connectivity index (χ3n) is 5.15. The lowest BCUT2D eigenvalue weighted by Crippen LogP contribution is -2.33. The van der Waals surface area contributed by atoms with Crippen LogP contribution in [0.25, 0.3) is 10.4 Å². The number of hydrogen-bond donors (Lipinski definition) is 1. The van der Waals surface area contributed by atoms with Gasteiger partial charge in [-0.3, -0.25) is 18.9 Å². The summed E-state index contributed by atoms with van der Waals surface area (Å²) >= 11 is 6.04. The Kier molecular flexibility index (Phi) is 7.78. The van der Waals surface area contributed by atoms with E-state index in [9.17, 15) is 14.2 Å². The van der Waals surface area contributed by atoms with Crippen molar-refractivity contribution in [2.45, 2.75) is 31.7 Å². The van der Waals surface area contributed by atoms with Crippen molar-refractivity contribution in [3.63, 3.8) is 0 Å². The highest BCUT2D eigenvalue weighted by Crippen LogP contribution is 2.51. The van der Waals surface area contributed by atoms with Gasteiger partial charge in [0.15, 0.2) is 10.9 Å². The summed E-state index contributed by atoms with van der Waals surface area (Å²) in [4.78, 5) is 32.9. The molecule has 2 aromatic heterocycles. The Bertz CT molecular complexity index is 1440. The largest absolute Gasteiger partial charge is 0.587 e. The number of ether oxygens (including phenoxy) is 1. The standard InChI is InChI=1S/C21H20ClN6O7P/c1-13-11-28(21(30)25-20(13)29)18-10-15(26-27-23)17(33-18)12-32-36(31,34-14-6-3-2-4-7-14)35-16-8-5-9-24-19(16)22/h2-9,11,15,17-18H,10,12H2,1H3,(H,25,29,30)/t15?,17-,18-,36?/m1/s1. The van der Waals surface area contributed by atoms with Crippen molar-refractivity contribution < 1.29 is 22.9 Å². The number of halogens is 1. The van der Waals surface area contributed by atoms with Crippen molar-refractivity contribution in [1.29, 1.82) is 0 Å². The number of aromatic amines is 1. The summed E-state index contributed by atoms with van der Waals surface area (Å²) in [5, 5.41) is 3.66. The van der Waals surface area contributed by atoms with Gasteiger partial charge in [0.05, 0.1) is 18.8 Å². The predicted octanol–water partition coefficient (Wildman–Crippen LogP) is 4.14. The molecule has 1 fully saturated rings. The van der Waals surface area contributed by atoms with Gasteiger partial charge in [-0.05, 0) is 36.7 Å². The van der Waals surface area contributed by atoms with Gasteiger partial charge >= 0.3 is 13.5 Å². The molecular formula is C21H20ClN6O7P. The fraction of sp³-hybridized carbons (Fsp3) is 0.286. The maximum Gasteiger partial charge on any atom is 0.587 e. The lowest BCUT2D eigenvalue weighted by Gasteiger charge is -2.22. The van der Waals surface area contributed by atoms with E-state index in [2.05, 4.69) is 20.0 Å². The number of pyridine rings is 1. The number of rotatable bonds is 9. The van der Waals surface area contributed by atoms with Gasteiger partial charge in [-0.2, -0.15) is 0 Å². The van der Waals surface area contributed by atoms with Crippen LogP contribution in [-0.2, 0) is 13.8 Å². The van der Waals surface area contributed by atoms with Crippen LogP contribution in [0.4, 0.5) is 0 Å². The van der Waals surface area contributed by atoms with Gasteiger partial charge in [-0.1, -0.05) is 34.9 Å². The zero-order chi connectivity index (χ0) is 25.7. The van der Waals surface area contributed by atoms with E-state index in [1.807, 2.05) is 0 Å². The molecule has 1 aliphatic rings. The number of hydrogen-bond acceptors (Lipinski definition) is 9. The van der Waals surface area contributed by atoms with Crippen LogP contribution in [-0.4, -0.2) is 33.3 Å². The van der Waals surface area contributed by atoms with E-state index < -0.39 is 37.4 Å². The number of phosphoric acid groups is 1. The minimum absolute atomic E-state index is 0.0366. The summed E-state index contributed by atoms with van der Waals surface area (Å²) in [6.45, 7) is 1.15. The Morgan fingerprint density at radius 3 is 2.78 bits per heavy atom. The monoisotopic (exact) mass is 534 g/mol. The highest BCUT2D eigenvalue weighted by Gasteiger charge is 2.40. The number of nitrogens with one attached hydrogen (secondary N) is 1. The number of para-hydroxylation sites is 1. The van der Waals surface area contributed by atoms with Crippen LogP contribution in [0.3, 0.4) is 0 Å². The number of nitrogens with zero attached hydrogens (tertiary/aromatic N) is 5. The predicted molar refractivity (Wildman–Crippen MR) is 128 cm³/mol. The Morgan fingerprint density at radius 1 is 1.28 bits per heavy atom. The lowest BCUT2D eigenvalue weighted by atomic mass is 10.1. The van der Waals surface area contributed by atoms with Crippen molar-refractivity contribution in [2.24, 2.45) is 5.11 Å². The van der Waals surface area contributed by atoms with E-state index in [0.717, 1.165) is 0 Å². The minimum atomic E-state index is -4.36. The van der Waals surface area contributed by atoms with E-state index >= 15 is 0 Å². The zero-order valence-corrected chi connectivity index (χ0v) is 20.4. The molecule has 1 aromatic carbocycles. The van der Waals surface area contributed by atoms with Crippen molar-refractivity contribution in [2.75, 3.05) is 6.61 Å². The second kappa shape index (κ2) is 11.0. The molecule has 1 saturated heterocycles. The molecular weight excluding hydrogens is 515 g/mol. The second-order valence-electron chi connectivity index (χ2n) is 7.65. The van der Waals surface area contributed by atoms with Gasteiger partial charge in [-0.15, -0.1) is 0 Å². The first-order valence-electron chi connectivity index (χ1n) is 10.6. The average Bonchev–Trinajstić information content (AvgIpc) is 3.25. The van der Waals surface area contributed by atoms with Gasteiger partial charge in [0.25, 0.3) is 5.56 Å². The van der Waals surface area contributed by atoms with Crippen LogP contribution >= 0.6 is 19.4 Å². The van der Waals surface area contributed by atoms with Gasteiger partial charge in [0.1, 0.15) is 12.0 Å². The molecule has 0 bridgehead atoms. The van der Waals surface area contributed by atoms with Gasteiger partial charge < -0.3 is 13.8 Å². The van der Waals surface area contributed by atoms with Crippen LogP contribution in [0.15, 0.2) is 69.6 Å². The molecule has 0 radical (unpaired) electrons. The van der Waals surface area contributed by atoms with E-state index in [0.29, 0.717) is 5.56 Å². The fourth-order valence-corrected chi connectivity index (χ4v) is 4.88. The Morgan fingerprint density at radius 2 is 2.06 bits per heavy atom. The Balaban J connectivity index is 1.57. The summed E-state index contributed by atoms with van der Waals surface area (Å²) in [6, 6.07) is 10.4. The lowest BCUT2D eigenvalue weighted by molar-refractivity contribution is -0.0260. The maximum atomic E-state index is 13.6. The SMILES string of the molecule is Cc1cn([C@H]2CC(N=[N+]=[N-])[C@@H](COP(=O)(Oc3ccccc3)Oc3cccnc3Cl)O2)c(=O)[nH]c1=O. The first kappa shape index (κ1) is 25.5. The van der Waals surface area contributed by atoms with Crippen LogP contribution in [0.5, 0.6) is 11.5 Å². The van der Waals surface area contributed by atoms with E-state index in [1.165, 1.54) is 36.0 Å². The highest BCUT2D eigenvalue weighted by atomic mass is 35.5. The zero-order valence-electron chi connectivity index (χ0n) is 18.8. The first-order valence-corrected chi connectivity index (χ1v) is 12.4. The van der Waals surface area contributed by atoms with Gasteiger partial charge in [0, 0.05) is 29.3 Å². The summed E-state index contributed by atoms with van der Waals surface area (Å²) < 4.78 is 37.3. The van der Waals surface area contributed by atoms with Gasteiger partial charge in [0.2, 0.25) is 0 Å². The minimum Gasteiger partial charge on any atom is -0.395 e. The summed E-state index contributed by atoms with van der Waals surface area (Å²) in [5.74, 6) is 0.165. The maximum absolute atomic E-state index is 13.6. The number of aryl methyl sites for hydroxylation is 1. The Hall–Kier alpha value is -3.60. The summed E-state index contributed by atoms with van der Waals surface area (Å²) in [5.41, 5.74) is 8.08. The molecule has 13 nitrogen and oxygen atoms in total. The fourth-order valence-electron chi connectivity index (χ4n) is 3.43. The third kappa shape index (κ3) is 5.96. The van der Waals surface area contributed by atoms with Crippen molar-refractivity contribution in [3.8, 4) is 11.5 Å². The molecule has 1 aliphatic heterocycles. The molecule has 3 aromatic rings. The molecule has 0 spiro atoms. The molecule has 36 heavy (non-hydrogen) atoms. The van der Waals surface area contributed by atoms with Gasteiger partial charge in [-0.25, -0.2) is 14.3 Å². The van der Waals surface area contributed by atoms with Crippen molar-refractivity contribution >= 4 is 19.4 Å². The molecule has 15 heteroatoms. The summed E-state index contributed by atoms with van der Waals surface area (Å²) in [7, 11) is -4.36. The molecule has 188 valence electrons. The molecule has 3 heterocycles. The van der Waals surface area contributed by atoms with Crippen LogP contribution < -0.4 is 20.3 Å². The smallest absolute Gasteiger partial charge is 0.395 e. The van der Waals surface area contributed by atoms with Crippen molar-refractivity contribution in [3.05, 3.63) is 96.9 Å². The number of H-pyrrole nitrogens is 1. The number of aromatic nitrogens is 3. The topological polar surface area (TPSA) is 170 Å². The van der Waals surface area contributed by atoms with E-state index in [1.54, 1.807) is 30.3 Å². The normalized spacial score (nSPS) is 20.8. The average molecular weight is 535 g/mol. The number of phosphoric ester groups is 1. The highest BCUT2D eigenvalue weighted by molar-refractivity contribution is 7.49. The molecule has 1 N–H and O–H groups in total. The first-order chi connectivity index (χ1) is 17.3. The van der Waals surface area contributed by atoms with Crippen LogP contribution in [0, 0.1) is 6.92 Å². The quantitative estimate of drug-likeness (QED) is 0.140. The molecule has 0 saturated carbocycles. The molecule has 2 unspecified atom stereocenters. The Labute approximate surface area is 208 Å².